The molecule has 1 aliphatic carbocycles. The van der Waals surface area contributed by atoms with Gasteiger partial charge in [-0.05, 0) is 55.7 Å². The van der Waals surface area contributed by atoms with Gasteiger partial charge in [-0.25, -0.2) is 0 Å². The lowest BCUT2D eigenvalue weighted by atomic mass is 10.0. The average Bonchev–Trinajstić information content (AvgIpc) is 3.24. The largest absolute Gasteiger partial charge is 0.297 e. The summed E-state index contributed by atoms with van der Waals surface area (Å²) in [6.07, 6.45) is 10.9. The first-order chi connectivity index (χ1) is 9.47. The van der Waals surface area contributed by atoms with E-state index < -0.39 is 0 Å². The van der Waals surface area contributed by atoms with Gasteiger partial charge in [0.1, 0.15) is 0 Å². The Bertz CT molecular complexity index is 358. The Morgan fingerprint density at radius 2 is 1.90 bits per heavy atom. The van der Waals surface area contributed by atoms with Crippen molar-refractivity contribution in [2.45, 2.75) is 59.9 Å². The van der Waals surface area contributed by atoms with E-state index >= 15 is 0 Å². The molecule has 1 nitrogen and oxygen atoms in total. The monoisotopic (exact) mass is 275 g/mol. The molecule has 0 amide bonds. The molecule has 0 saturated heterocycles. The molecule has 0 bridgehead atoms. The molecule has 1 saturated carbocycles. The van der Waals surface area contributed by atoms with E-state index in [9.17, 15) is 0 Å². The Kier molecular flexibility index (Phi) is 7.29. The molecule has 0 radical (unpaired) electrons. The topological polar surface area (TPSA) is 3.24 Å². The Labute approximate surface area is 126 Å². The highest BCUT2D eigenvalue weighted by Crippen LogP contribution is 2.37. The van der Waals surface area contributed by atoms with E-state index in [1.807, 2.05) is 0 Å². The zero-order valence-electron chi connectivity index (χ0n) is 14.2. The van der Waals surface area contributed by atoms with Crippen LogP contribution in [0.15, 0.2) is 36.0 Å². The molecule has 0 N–H and O–H groups in total. The van der Waals surface area contributed by atoms with Crippen molar-refractivity contribution in [3.63, 3.8) is 0 Å². The second kappa shape index (κ2) is 8.46. The molecule has 0 spiro atoms. The van der Waals surface area contributed by atoms with Gasteiger partial charge in [0.25, 0.3) is 0 Å². The predicted octanol–water partition coefficient (Wildman–Crippen LogP) is 5.21. The molecule has 20 heavy (non-hydrogen) atoms. The van der Waals surface area contributed by atoms with Gasteiger partial charge in [0.2, 0.25) is 0 Å². The van der Waals surface area contributed by atoms with Crippen molar-refractivity contribution >= 4 is 0 Å². The van der Waals surface area contributed by atoms with Crippen LogP contribution in [0.1, 0.15) is 53.9 Å². The lowest BCUT2D eigenvalue weighted by Gasteiger charge is -2.27. The minimum Gasteiger partial charge on any atom is -0.297 e. The van der Waals surface area contributed by atoms with Crippen molar-refractivity contribution in [1.29, 1.82) is 0 Å². The third-order valence-electron chi connectivity index (χ3n) is 4.12. The van der Waals surface area contributed by atoms with Crippen LogP contribution in [0.3, 0.4) is 0 Å². The lowest BCUT2D eigenvalue weighted by Crippen LogP contribution is -2.33. The minimum absolute atomic E-state index is 0.623. The van der Waals surface area contributed by atoms with Gasteiger partial charge < -0.3 is 0 Å². The van der Waals surface area contributed by atoms with Gasteiger partial charge in [-0.1, -0.05) is 52.5 Å². The zero-order valence-corrected chi connectivity index (χ0v) is 14.2. The average molecular weight is 275 g/mol. The summed E-state index contributed by atoms with van der Waals surface area (Å²) in [6, 6.07) is 0.640. The maximum atomic E-state index is 4.28. The summed E-state index contributed by atoms with van der Waals surface area (Å²) in [4.78, 5) is 2.51. The van der Waals surface area contributed by atoms with Crippen LogP contribution in [0.4, 0.5) is 0 Å². The third kappa shape index (κ3) is 6.09. The minimum atomic E-state index is 0.623. The number of allylic oxidation sites excluding steroid dienone is 3. The highest BCUT2D eigenvalue weighted by Gasteiger charge is 2.24. The highest BCUT2D eigenvalue weighted by molar-refractivity contribution is 5.33. The first kappa shape index (κ1) is 17.2. The summed E-state index contributed by atoms with van der Waals surface area (Å²) in [6.45, 7) is 17.7. The second-order valence-electron chi connectivity index (χ2n) is 6.50. The fraction of sp³-hybridized carbons (Fsp3) is 0.684. The first-order valence-corrected chi connectivity index (χ1v) is 8.29. The van der Waals surface area contributed by atoms with Gasteiger partial charge >= 0.3 is 0 Å². The summed E-state index contributed by atoms with van der Waals surface area (Å²) in [5, 5.41) is 0. The number of hydrogen-bond donors (Lipinski definition) is 0. The van der Waals surface area contributed by atoms with E-state index in [0.717, 1.165) is 19.0 Å². The molecule has 1 fully saturated rings. The van der Waals surface area contributed by atoms with Crippen molar-refractivity contribution in [3.05, 3.63) is 36.0 Å². The maximum absolute atomic E-state index is 4.28. The van der Waals surface area contributed by atoms with Gasteiger partial charge in [0, 0.05) is 12.6 Å². The van der Waals surface area contributed by atoms with E-state index in [4.69, 9.17) is 0 Å². The molecular formula is C19H33N. The fourth-order valence-electron chi connectivity index (χ4n) is 2.40. The Balaban J connectivity index is 2.66. The smallest absolute Gasteiger partial charge is 0.0230 e. The van der Waals surface area contributed by atoms with Gasteiger partial charge in [-0.3, -0.25) is 4.90 Å². The molecule has 1 aliphatic rings. The van der Waals surface area contributed by atoms with E-state index in [1.165, 1.54) is 30.4 Å². The van der Waals surface area contributed by atoms with E-state index in [-0.39, 0.29) is 0 Å². The molecule has 1 rings (SSSR count). The highest BCUT2D eigenvalue weighted by atomic mass is 15.1. The molecular weight excluding hydrogens is 242 g/mol. The SMILES string of the molecule is C=C(/C=C(\C=C/C(C)C)C1CC1)CN(CC)C(C)CC. The molecule has 114 valence electrons. The van der Waals surface area contributed by atoms with Crippen LogP contribution in [0.25, 0.3) is 0 Å². The Morgan fingerprint density at radius 1 is 1.25 bits per heavy atom. The van der Waals surface area contributed by atoms with Crippen LogP contribution in [0.2, 0.25) is 0 Å². The molecule has 0 aromatic heterocycles. The van der Waals surface area contributed by atoms with E-state index in [2.05, 4.69) is 64.3 Å². The molecule has 0 aromatic carbocycles. The third-order valence-corrected chi connectivity index (χ3v) is 4.12. The molecule has 0 heterocycles. The van der Waals surface area contributed by atoms with Crippen LogP contribution in [-0.2, 0) is 0 Å². The van der Waals surface area contributed by atoms with Crippen LogP contribution in [-0.4, -0.2) is 24.0 Å². The zero-order chi connectivity index (χ0) is 15.1. The maximum Gasteiger partial charge on any atom is 0.0230 e. The number of nitrogens with zero attached hydrogens (tertiary/aromatic N) is 1. The summed E-state index contributed by atoms with van der Waals surface area (Å²) in [7, 11) is 0. The molecule has 1 unspecified atom stereocenters. The molecule has 1 atom stereocenters. The van der Waals surface area contributed by atoms with Gasteiger partial charge in [-0.15, -0.1) is 0 Å². The van der Waals surface area contributed by atoms with Gasteiger partial charge in [0.15, 0.2) is 0 Å². The van der Waals surface area contributed by atoms with Crippen LogP contribution < -0.4 is 0 Å². The van der Waals surface area contributed by atoms with Crippen LogP contribution in [0.5, 0.6) is 0 Å². The normalized spacial score (nSPS) is 18.2. The van der Waals surface area contributed by atoms with Gasteiger partial charge in [0.05, 0.1) is 0 Å². The van der Waals surface area contributed by atoms with Crippen molar-refractivity contribution < 1.29 is 0 Å². The first-order valence-electron chi connectivity index (χ1n) is 8.29. The second-order valence-corrected chi connectivity index (χ2v) is 6.50. The van der Waals surface area contributed by atoms with Crippen LogP contribution in [0, 0.1) is 11.8 Å². The predicted molar refractivity (Wildman–Crippen MR) is 90.9 cm³/mol. The summed E-state index contributed by atoms with van der Waals surface area (Å²) in [5.41, 5.74) is 2.74. The molecule has 0 aromatic rings. The number of hydrogen-bond acceptors (Lipinski definition) is 1. The number of likely N-dealkylation sites (N-methyl/N-ethyl adjacent to an activating group) is 1. The summed E-state index contributed by atoms with van der Waals surface area (Å²) < 4.78 is 0. The summed E-state index contributed by atoms with van der Waals surface area (Å²) >= 11 is 0. The van der Waals surface area contributed by atoms with Crippen LogP contribution >= 0.6 is 0 Å². The van der Waals surface area contributed by atoms with Crippen molar-refractivity contribution in [2.75, 3.05) is 13.1 Å². The number of rotatable bonds is 9. The Hall–Kier alpha value is -0.820. The van der Waals surface area contributed by atoms with Crippen molar-refractivity contribution in [3.8, 4) is 0 Å². The molecule has 1 heteroatoms. The Morgan fingerprint density at radius 3 is 2.35 bits per heavy atom. The van der Waals surface area contributed by atoms with Crippen molar-refractivity contribution in [1.82, 2.24) is 4.90 Å². The lowest BCUT2D eigenvalue weighted by molar-refractivity contribution is 0.235. The van der Waals surface area contributed by atoms with Gasteiger partial charge in [-0.2, -0.15) is 0 Å². The fourth-order valence-corrected chi connectivity index (χ4v) is 2.40. The molecule has 0 aliphatic heterocycles. The quantitative estimate of drug-likeness (QED) is 0.522. The van der Waals surface area contributed by atoms with Crippen molar-refractivity contribution in [2.24, 2.45) is 11.8 Å². The standard InChI is InChI=1S/C19H33N/c1-7-17(6)20(8-2)14-16(5)13-19(18-11-12-18)10-9-15(3)4/h9-10,13,15,17-18H,5,7-8,11-12,14H2,1-4,6H3/b10-9-,19-13+. The van der Waals surface area contributed by atoms with E-state index in [1.54, 1.807) is 0 Å². The van der Waals surface area contributed by atoms with E-state index in [0.29, 0.717) is 12.0 Å². The summed E-state index contributed by atoms with van der Waals surface area (Å²) in [5.74, 6) is 1.41.